The fourth-order valence-electron chi connectivity index (χ4n) is 4.42. The first kappa shape index (κ1) is 18.3. The summed E-state index contributed by atoms with van der Waals surface area (Å²) in [7, 11) is 1.42. The van der Waals surface area contributed by atoms with E-state index in [-0.39, 0.29) is 29.9 Å². The number of rotatable bonds is 5. The molecule has 6 heteroatoms. The molecular weight excluding hydrogens is 322 g/mol. The van der Waals surface area contributed by atoms with E-state index in [0.29, 0.717) is 24.4 Å². The maximum Gasteiger partial charge on any atom is 0.226 e. The monoisotopic (exact) mass is 349 g/mol. The predicted molar refractivity (Wildman–Crippen MR) is 91.9 cm³/mol. The van der Waals surface area contributed by atoms with Crippen molar-refractivity contribution in [3.8, 4) is 0 Å². The van der Waals surface area contributed by atoms with Gasteiger partial charge in [0.15, 0.2) is 11.5 Å². The van der Waals surface area contributed by atoms with Gasteiger partial charge < -0.3 is 14.2 Å². The fraction of sp³-hybridized carbons (Fsp3) is 0.684. The van der Waals surface area contributed by atoms with Gasteiger partial charge in [0.1, 0.15) is 5.72 Å². The van der Waals surface area contributed by atoms with Gasteiger partial charge in [-0.25, -0.2) is 0 Å². The zero-order chi connectivity index (χ0) is 18.0. The molecule has 2 atom stereocenters. The number of morpholine rings is 1. The molecule has 0 aromatic rings. The van der Waals surface area contributed by atoms with Crippen molar-refractivity contribution < 1.29 is 23.8 Å². The molecular formula is C19H27NO5. The van der Waals surface area contributed by atoms with Gasteiger partial charge in [-0.2, -0.15) is 0 Å². The number of carbonyl (C=O) groups is 2. The highest BCUT2D eigenvalue weighted by molar-refractivity contribution is 6.22. The summed E-state index contributed by atoms with van der Waals surface area (Å²) in [6.07, 6.45) is 3.85. The van der Waals surface area contributed by atoms with Crippen LogP contribution in [0.15, 0.2) is 23.0 Å². The van der Waals surface area contributed by atoms with E-state index in [2.05, 4.69) is 18.7 Å². The Morgan fingerprint density at radius 1 is 1.28 bits per heavy atom. The van der Waals surface area contributed by atoms with Crippen LogP contribution in [0.3, 0.4) is 0 Å². The molecule has 138 valence electrons. The molecule has 1 aliphatic carbocycles. The molecule has 25 heavy (non-hydrogen) atoms. The minimum absolute atomic E-state index is 0.108. The third-order valence-corrected chi connectivity index (χ3v) is 5.49. The molecule has 0 radical (unpaired) electrons. The van der Waals surface area contributed by atoms with Crippen molar-refractivity contribution >= 4 is 11.6 Å². The van der Waals surface area contributed by atoms with Crippen LogP contribution in [0.5, 0.6) is 0 Å². The van der Waals surface area contributed by atoms with E-state index in [0.717, 1.165) is 32.4 Å². The minimum atomic E-state index is -0.541. The number of Topliss-reactive ketones (excluding diaryl/α,β-unsaturated/α-hetero) is 1. The first-order valence-corrected chi connectivity index (χ1v) is 9.13. The first-order valence-electron chi connectivity index (χ1n) is 9.13. The van der Waals surface area contributed by atoms with E-state index in [1.54, 1.807) is 0 Å². The van der Waals surface area contributed by atoms with E-state index in [1.807, 2.05) is 0 Å². The fourth-order valence-corrected chi connectivity index (χ4v) is 4.42. The van der Waals surface area contributed by atoms with Gasteiger partial charge in [0.05, 0.1) is 26.9 Å². The minimum Gasteiger partial charge on any atom is -0.493 e. The van der Waals surface area contributed by atoms with Gasteiger partial charge in [0, 0.05) is 36.2 Å². The van der Waals surface area contributed by atoms with Crippen molar-refractivity contribution in [1.82, 2.24) is 4.90 Å². The summed E-state index contributed by atoms with van der Waals surface area (Å²) in [6, 6.07) is 0. The lowest BCUT2D eigenvalue weighted by molar-refractivity contribution is -0.209. The van der Waals surface area contributed by atoms with Crippen molar-refractivity contribution in [3.63, 3.8) is 0 Å². The number of ketones is 2. The van der Waals surface area contributed by atoms with E-state index < -0.39 is 5.72 Å². The number of hydrogen-bond donors (Lipinski definition) is 0. The second-order valence-electron chi connectivity index (χ2n) is 6.74. The van der Waals surface area contributed by atoms with Crippen LogP contribution in [-0.4, -0.2) is 62.2 Å². The lowest BCUT2D eigenvalue weighted by Crippen LogP contribution is -2.62. The summed E-state index contributed by atoms with van der Waals surface area (Å²) in [6.45, 7) is 7.23. The van der Waals surface area contributed by atoms with Crippen LogP contribution in [0, 0.1) is 5.92 Å². The number of allylic oxidation sites excluding steroid dienone is 2. The summed E-state index contributed by atoms with van der Waals surface area (Å²) >= 11 is 0. The molecule has 2 aliphatic heterocycles. The van der Waals surface area contributed by atoms with Crippen molar-refractivity contribution in [2.24, 2.45) is 5.92 Å². The maximum absolute atomic E-state index is 12.8. The van der Waals surface area contributed by atoms with Crippen LogP contribution >= 0.6 is 0 Å². The highest BCUT2D eigenvalue weighted by Gasteiger charge is 2.52. The molecule has 0 bridgehead atoms. The lowest BCUT2D eigenvalue weighted by Gasteiger charge is -2.52. The van der Waals surface area contributed by atoms with Crippen LogP contribution in [0.2, 0.25) is 0 Å². The maximum atomic E-state index is 12.8. The predicted octanol–water partition coefficient (Wildman–Crippen LogP) is 1.85. The molecule has 3 rings (SSSR count). The molecule has 0 unspecified atom stereocenters. The smallest absolute Gasteiger partial charge is 0.226 e. The van der Waals surface area contributed by atoms with Gasteiger partial charge in [-0.3, -0.25) is 14.5 Å². The highest BCUT2D eigenvalue weighted by atomic mass is 16.5. The number of nitrogens with zero attached hydrogens (tertiary/aromatic N) is 1. The van der Waals surface area contributed by atoms with E-state index in [9.17, 15) is 9.59 Å². The number of ether oxygens (including phenoxy) is 3. The third-order valence-electron chi connectivity index (χ3n) is 5.49. The Bertz CT molecular complexity index is 617. The van der Waals surface area contributed by atoms with Crippen LogP contribution in [0.1, 0.15) is 33.1 Å². The Morgan fingerprint density at radius 2 is 2.00 bits per heavy atom. The van der Waals surface area contributed by atoms with Crippen LogP contribution < -0.4 is 0 Å². The van der Waals surface area contributed by atoms with Crippen molar-refractivity contribution in [3.05, 3.63) is 23.0 Å². The summed E-state index contributed by atoms with van der Waals surface area (Å²) < 4.78 is 17.0. The van der Waals surface area contributed by atoms with E-state index >= 15 is 0 Å². The summed E-state index contributed by atoms with van der Waals surface area (Å²) in [5.74, 6) is -0.352. The molecule has 6 nitrogen and oxygen atoms in total. The molecule has 1 fully saturated rings. The van der Waals surface area contributed by atoms with Crippen LogP contribution in [0.4, 0.5) is 0 Å². The molecule has 0 N–H and O–H groups in total. The largest absolute Gasteiger partial charge is 0.493 e. The van der Waals surface area contributed by atoms with Gasteiger partial charge in [0.25, 0.3) is 0 Å². The van der Waals surface area contributed by atoms with Gasteiger partial charge in [-0.05, 0) is 12.8 Å². The molecule has 3 aliphatic rings. The molecule has 0 aromatic heterocycles. The second kappa shape index (κ2) is 7.40. The van der Waals surface area contributed by atoms with Crippen molar-refractivity contribution in [2.75, 3.05) is 40.0 Å². The number of carbonyl (C=O) groups excluding carboxylic acids is 2. The summed E-state index contributed by atoms with van der Waals surface area (Å²) in [4.78, 5) is 27.8. The Balaban J connectivity index is 2.04. The molecule has 0 saturated carbocycles. The molecule has 2 heterocycles. The van der Waals surface area contributed by atoms with Crippen LogP contribution in [0.25, 0.3) is 0 Å². The lowest BCUT2D eigenvalue weighted by atomic mass is 9.73. The van der Waals surface area contributed by atoms with Gasteiger partial charge in [-0.1, -0.05) is 20.3 Å². The Hall–Kier alpha value is -1.50. The average molecular weight is 349 g/mol. The van der Waals surface area contributed by atoms with Crippen molar-refractivity contribution in [1.29, 1.82) is 0 Å². The average Bonchev–Trinajstić information content (AvgIpc) is 2.65. The van der Waals surface area contributed by atoms with Gasteiger partial charge in [-0.15, -0.1) is 0 Å². The standard InChI is InChI=1S/C19H27NO5/c1-4-6-19(20-7-9-24-10-8-20)14(5-2)17-13(12-25-19)18(22)16(23-3)11-15(17)21/h11,14H,4-10,12H2,1-3H3/t14-,19-/m1/s1. The Kier molecular flexibility index (Phi) is 5.41. The first-order chi connectivity index (χ1) is 12.1. The topological polar surface area (TPSA) is 65.1 Å². The zero-order valence-corrected chi connectivity index (χ0v) is 15.3. The summed E-state index contributed by atoms with van der Waals surface area (Å²) in [5, 5.41) is 0. The quantitative estimate of drug-likeness (QED) is 0.706. The van der Waals surface area contributed by atoms with Crippen LogP contribution in [-0.2, 0) is 23.8 Å². The Labute approximate surface area is 148 Å². The zero-order valence-electron chi connectivity index (χ0n) is 15.3. The van der Waals surface area contributed by atoms with E-state index in [1.165, 1.54) is 13.2 Å². The molecule has 0 aromatic carbocycles. The van der Waals surface area contributed by atoms with Crippen molar-refractivity contribution in [2.45, 2.75) is 38.8 Å². The highest BCUT2D eigenvalue weighted by Crippen LogP contribution is 2.45. The third kappa shape index (κ3) is 2.96. The Morgan fingerprint density at radius 3 is 2.60 bits per heavy atom. The van der Waals surface area contributed by atoms with E-state index in [4.69, 9.17) is 14.2 Å². The SMILES string of the molecule is CCC[C@@]1(N2CCOCC2)OCC2=C(C(=O)C=C(OC)C2=O)[C@H]1CC. The molecule has 1 saturated heterocycles. The second-order valence-corrected chi connectivity index (χ2v) is 6.74. The molecule has 0 spiro atoms. The van der Waals surface area contributed by atoms with Gasteiger partial charge >= 0.3 is 0 Å². The normalized spacial score (nSPS) is 31.0. The number of hydrogen-bond acceptors (Lipinski definition) is 6. The van der Waals surface area contributed by atoms with Gasteiger partial charge in [0.2, 0.25) is 5.78 Å². The summed E-state index contributed by atoms with van der Waals surface area (Å²) in [5.41, 5.74) is 0.552. The number of methoxy groups -OCH3 is 1. The molecule has 0 amide bonds.